The van der Waals surface area contributed by atoms with Crippen molar-refractivity contribution in [3.63, 3.8) is 0 Å². The molecule has 2 N–H and O–H groups in total. The minimum Gasteiger partial charge on any atom is -0.395 e. The number of pyridine rings is 1. The van der Waals surface area contributed by atoms with E-state index in [0.29, 0.717) is 6.54 Å². The molecule has 106 valence electrons. The molecule has 6 heteroatoms. The van der Waals surface area contributed by atoms with Crippen molar-refractivity contribution in [3.05, 3.63) is 34.7 Å². The van der Waals surface area contributed by atoms with Gasteiger partial charge in [-0.2, -0.15) is 11.8 Å². The summed E-state index contributed by atoms with van der Waals surface area (Å²) in [5.41, 5.74) is -0.110. The van der Waals surface area contributed by atoms with Crippen LogP contribution in [0.1, 0.15) is 13.3 Å². The van der Waals surface area contributed by atoms with Crippen LogP contribution in [0.5, 0.6) is 0 Å². The van der Waals surface area contributed by atoms with Crippen molar-refractivity contribution in [2.75, 3.05) is 12.9 Å². The Labute approximate surface area is 117 Å². The third kappa shape index (κ3) is 5.08. The number of nitrogens with zero attached hydrogens (tertiary/aromatic N) is 1. The van der Waals surface area contributed by atoms with Crippen LogP contribution >= 0.6 is 11.8 Å². The monoisotopic (exact) mass is 284 g/mol. The molecule has 2 atom stereocenters. The molecule has 19 heavy (non-hydrogen) atoms. The molecule has 0 fully saturated rings. The first-order valence-electron chi connectivity index (χ1n) is 6.17. The second kappa shape index (κ2) is 8.01. The highest BCUT2D eigenvalue weighted by Crippen LogP contribution is 2.10. The van der Waals surface area contributed by atoms with E-state index in [1.54, 1.807) is 18.3 Å². The number of amides is 1. The zero-order valence-electron chi connectivity index (χ0n) is 11.2. The Morgan fingerprint density at radius 2 is 2.26 bits per heavy atom. The maximum absolute atomic E-state index is 11.8. The Morgan fingerprint density at radius 1 is 1.53 bits per heavy atom. The van der Waals surface area contributed by atoms with Crippen LogP contribution in [0.15, 0.2) is 29.2 Å². The van der Waals surface area contributed by atoms with Crippen LogP contribution in [-0.4, -0.2) is 39.7 Å². The Morgan fingerprint density at radius 3 is 2.84 bits per heavy atom. The molecule has 2 unspecified atom stereocenters. The van der Waals surface area contributed by atoms with E-state index in [2.05, 4.69) is 5.32 Å². The smallest absolute Gasteiger partial charge is 0.250 e. The minimum absolute atomic E-state index is 0.0107. The van der Waals surface area contributed by atoms with Gasteiger partial charge >= 0.3 is 0 Å². The van der Waals surface area contributed by atoms with Gasteiger partial charge in [0.25, 0.3) is 5.56 Å². The predicted octanol–water partition coefficient (Wildman–Crippen LogP) is 0.467. The molecule has 0 aliphatic heterocycles. The summed E-state index contributed by atoms with van der Waals surface area (Å²) in [4.78, 5) is 23.2. The average molecular weight is 284 g/mol. The van der Waals surface area contributed by atoms with E-state index in [1.807, 2.05) is 13.2 Å². The number of aryl methyl sites for hydroxylation is 1. The maximum Gasteiger partial charge on any atom is 0.250 e. The van der Waals surface area contributed by atoms with E-state index in [0.717, 1.165) is 0 Å². The van der Waals surface area contributed by atoms with Gasteiger partial charge < -0.3 is 15.0 Å². The number of thioether (sulfide) groups is 1. The van der Waals surface area contributed by atoms with Crippen LogP contribution < -0.4 is 10.9 Å². The van der Waals surface area contributed by atoms with Gasteiger partial charge in [-0.15, -0.1) is 0 Å². The second-order valence-electron chi connectivity index (χ2n) is 4.30. The van der Waals surface area contributed by atoms with Crippen LogP contribution in [0.3, 0.4) is 0 Å². The highest BCUT2D eigenvalue weighted by atomic mass is 32.2. The molecule has 1 rings (SSSR count). The van der Waals surface area contributed by atoms with Crippen LogP contribution in [0.4, 0.5) is 0 Å². The number of carbonyl (C=O) groups is 1. The van der Waals surface area contributed by atoms with Crippen molar-refractivity contribution in [1.82, 2.24) is 9.88 Å². The molecule has 0 bridgehead atoms. The van der Waals surface area contributed by atoms with Gasteiger partial charge in [-0.3, -0.25) is 9.59 Å². The third-order valence-corrected chi connectivity index (χ3v) is 4.07. The zero-order valence-corrected chi connectivity index (χ0v) is 12.0. The number of nitrogens with one attached hydrogen (secondary N) is 1. The van der Waals surface area contributed by atoms with Crippen molar-refractivity contribution < 1.29 is 9.90 Å². The van der Waals surface area contributed by atoms with Crippen molar-refractivity contribution in [3.8, 4) is 0 Å². The Hall–Kier alpha value is -1.27. The van der Waals surface area contributed by atoms with Crippen LogP contribution in [0.2, 0.25) is 0 Å². The normalized spacial score (nSPS) is 13.8. The first kappa shape index (κ1) is 15.8. The molecule has 0 radical (unpaired) electrons. The molecular formula is C13H20N2O3S. The highest BCUT2D eigenvalue weighted by molar-refractivity contribution is 7.99. The lowest BCUT2D eigenvalue weighted by molar-refractivity contribution is -0.121. The first-order valence-corrected chi connectivity index (χ1v) is 7.45. The molecule has 0 aliphatic rings. The Bertz CT molecular complexity index is 457. The summed E-state index contributed by atoms with van der Waals surface area (Å²) in [6.45, 7) is 2.26. The van der Waals surface area contributed by atoms with Gasteiger partial charge in [-0.25, -0.2) is 0 Å². The summed E-state index contributed by atoms with van der Waals surface area (Å²) in [7, 11) is 0. The number of aromatic nitrogens is 1. The fourth-order valence-corrected chi connectivity index (χ4v) is 2.35. The number of aliphatic hydroxyl groups excluding tert-OH is 1. The van der Waals surface area contributed by atoms with E-state index in [4.69, 9.17) is 5.11 Å². The van der Waals surface area contributed by atoms with Crippen LogP contribution in [0, 0.1) is 0 Å². The van der Waals surface area contributed by atoms with Gasteiger partial charge in [0.2, 0.25) is 5.91 Å². The molecule has 0 saturated carbocycles. The van der Waals surface area contributed by atoms with Crippen LogP contribution in [0.25, 0.3) is 0 Å². The summed E-state index contributed by atoms with van der Waals surface area (Å²) in [5, 5.41) is 12.0. The molecule has 0 aliphatic carbocycles. The van der Waals surface area contributed by atoms with Gasteiger partial charge in [-0.1, -0.05) is 6.07 Å². The quantitative estimate of drug-likeness (QED) is 0.763. The summed E-state index contributed by atoms with van der Waals surface area (Å²) in [6.07, 6.45) is 3.81. The topological polar surface area (TPSA) is 71.3 Å². The molecule has 0 aromatic carbocycles. The summed E-state index contributed by atoms with van der Waals surface area (Å²) in [5.74, 6) is -0.115. The number of aliphatic hydroxyl groups is 1. The third-order valence-electron chi connectivity index (χ3n) is 2.91. The fourth-order valence-electron chi connectivity index (χ4n) is 1.72. The Kier molecular flexibility index (Phi) is 6.66. The highest BCUT2D eigenvalue weighted by Gasteiger charge is 2.17. The van der Waals surface area contributed by atoms with Crippen molar-refractivity contribution in [2.24, 2.45) is 0 Å². The predicted molar refractivity (Wildman–Crippen MR) is 77.3 cm³/mol. The van der Waals surface area contributed by atoms with Gasteiger partial charge in [0.15, 0.2) is 0 Å². The molecule has 0 spiro atoms. The standard InChI is InChI=1S/C13H20N2O3S/c1-10(11(9-16)19-2)14-12(17)6-8-15-7-4-3-5-13(15)18/h3-5,7,10-11,16H,6,8-9H2,1-2H3,(H,14,17). The first-order chi connectivity index (χ1) is 9.08. The van der Waals surface area contributed by atoms with Crippen LogP contribution in [-0.2, 0) is 11.3 Å². The summed E-state index contributed by atoms with van der Waals surface area (Å²) >= 11 is 1.52. The van der Waals surface area contributed by atoms with E-state index < -0.39 is 0 Å². The fraction of sp³-hybridized carbons (Fsp3) is 0.538. The molecule has 0 saturated heterocycles. The van der Waals surface area contributed by atoms with E-state index in [1.165, 1.54) is 22.4 Å². The molecule has 1 aromatic heterocycles. The molecule has 1 aromatic rings. The lowest BCUT2D eigenvalue weighted by Gasteiger charge is -2.21. The molecule has 1 heterocycles. The zero-order chi connectivity index (χ0) is 14.3. The van der Waals surface area contributed by atoms with Crippen molar-refractivity contribution >= 4 is 17.7 Å². The second-order valence-corrected chi connectivity index (χ2v) is 5.37. The van der Waals surface area contributed by atoms with E-state index >= 15 is 0 Å². The van der Waals surface area contributed by atoms with E-state index in [-0.39, 0.29) is 35.8 Å². The van der Waals surface area contributed by atoms with Gasteiger partial charge in [-0.05, 0) is 19.2 Å². The lowest BCUT2D eigenvalue weighted by Crippen LogP contribution is -2.41. The molecular weight excluding hydrogens is 264 g/mol. The number of rotatable bonds is 7. The number of hydrogen-bond acceptors (Lipinski definition) is 4. The summed E-state index contributed by atoms with van der Waals surface area (Å²) < 4.78 is 1.50. The SMILES string of the molecule is CSC(CO)C(C)NC(=O)CCn1ccccc1=O. The van der Waals surface area contributed by atoms with Gasteiger partial charge in [0, 0.05) is 36.5 Å². The Balaban J connectivity index is 2.44. The largest absolute Gasteiger partial charge is 0.395 e. The number of carbonyl (C=O) groups excluding carboxylic acids is 1. The molecule has 1 amide bonds. The van der Waals surface area contributed by atoms with E-state index in [9.17, 15) is 9.59 Å². The lowest BCUT2D eigenvalue weighted by atomic mass is 10.2. The molecule has 5 nitrogen and oxygen atoms in total. The van der Waals surface area contributed by atoms with Gasteiger partial charge in [0.1, 0.15) is 0 Å². The maximum atomic E-state index is 11.8. The summed E-state index contributed by atoms with van der Waals surface area (Å²) in [6, 6.07) is 4.80. The minimum atomic E-state index is -0.115. The average Bonchev–Trinajstić information content (AvgIpc) is 2.39. The van der Waals surface area contributed by atoms with Gasteiger partial charge in [0.05, 0.1) is 6.61 Å². The van der Waals surface area contributed by atoms with Crippen molar-refractivity contribution in [2.45, 2.75) is 31.2 Å². The number of hydrogen-bond donors (Lipinski definition) is 2. The van der Waals surface area contributed by atoms with Crippen molar-refractivity contribution in [1.29, 1.82) is 0 Å².